The maximum absolute atomic E-state index is 6.27. The van der Waals surface area contributed by atoms with Gasteiger partial charge in [-0.3, -0.25) is 4.68 Å². The Balaban J connectivity index is 0.000000238. The van der Waals surface area contributed by atoms with Gasteiger partial charge >= 0.3 is 0 Å². The van der Waals surface area contributed by atoms with Crippen molar-refractivity contribution < 1.29 is 4.74 Å². The number of ether oxygens (including phenoxy) is 1. The minimum absolute atomic E-state index is 0.618. The van der Waals surface area contributed by atoms with Gasteiger partial charge in [0.25, 0.3) is 0 Å². The number of methoxy groups -OCH3 is 1. The number of nitrogens with one attached hydrogen (secondary N) is 1. The summed E-state index contributed by atoms with van der Waals surface area (Å²) in [6.45, 7) is 7.72. The van der Waals surface area contributed by atoms with Crippen molar-refractivity contribution in [3.8, 4) is 5.75 Å². The second-order valence-electron chi connectivity index (χ2n) is 8.19. The van der Waals surface area contributed by atoms with Crippen molar-refractivity contribution in [1.29, 1.82) is 0 Å². The molecule has 2 aromatic carbocycles. The summed E-state index contributed by atoms with van der Waals surface area (Å²) in [5.41, 5.74) is 12.7. The predicted octanol–water partition coefficient (Wildman–Crippen LogP) is 7.05. The number of anilines is 2. The number of nitrogen functional groups attached to an aromatic ring is 1. The second-order valence-corrected chi connectivity index (χ2v) is 9.84. The molecule has 7 heteroatoms. The molecule has 4 rings (SSSR count). The molecular weight excluding hydrogens is 532 g/mol. The van der Waals surface area contributed by atoms with E-state index >= 15 is 0 Å². The van der Waals surface area contributed by atoms with Gasteiger partial charge in [0.1, 0.15) is 11.4 Å². The number of benzene rings is 2. The van der Waals surface area contributed by atoms with Crippen molar-refractivity contribution in [3.05, 3.63) is 67.9 Å². The molecule has 1 heterocycles. The van der Waals surface area contributed by atoms with Crippen LogP contribution >= 0.6 is 31.9 Å². The van der Waals surface area contributed by atoms with Crippen LogP contribution in [0.1, 0.15) is 54.5 Å². The van der Waals surface area contributed by atoms with Crippen LogP contribution in [0.2, 0.25) is 0 Å². The summed E-state index contributed by atoms with van der Waals surface area (Å²) in [6.07, 6.45) is 5.62. The van der Waals surface area contributed by atoms with Gasteiger partial charge in [-0.15, -0.1) is 0 Å². The summed E-state index contributed by atoms with van der Waals surface area (Å²) in [5.74, 6) is 1.65. The fraction of sp³-hybridized carbons (Fsp3) is 0.400. The van der Waals surface area contributed by atoms with E-state index in [0.29, 0.717) is 12.2 Å². The largest absolute Gasteiger partial charge is 0.494 e. The van der Waals surface area contributed by atoms with Gasteiger partial charge < -0.3 is 15.8 Å². The average molecular weight is 564 g/mol. The summed E-state index contributed by atoms with van der Waals surface area (Å²) in [5, 5.41) is 7.68. The van der Waals surface area contributed by atoms with Crippen LogP contribution in [0.4, 0.5) is 11.4 Å². The number of nitrogens with two attached hydrogens (primary N) is 1. The van der Waals surface area contributed by atoms with E-state index in [1.165, 1.54) is 24.0 Å². The van der Waals surface area contributed by atoms with Crippen molar-refractivity contribution in [2.75, 3.05) is 24.7 Å². The van der Waals surface area contributed by atoms with E-state index in [-0.39, 0.29) is 0 Å². The summed E-state index contributed by atoms with van der Waals surface area (Å²) >= 11 is 7.08. The number of hydrogen-bond donors (Lipinski definition) is 2. The van der Waals surface area contributed by atoms with Gasteiger partial charge in [0, 0.05) is 16.7 Å². The highest BCUT2D eigenvalue weighted by molar-refractivity contribution is 9.11. The minimum Gasteiger partial charge on any atom is -0.494 e. The van der Waals surface area contributed by atoms with Gasteiger partial charge in [0.2, 0.25) is 0 Å². The summed E-state index contributed by atoms with van der Waals surface area (Å²) in [7, 11) is 1.65. The predicted molar refractivity (Wildman–Crippen MR) is 141 cm³/mol. The van der Waals surface area contributed by atoms with Gasteiger partial charge in [-0.2, -0.15) is 5.10 Å². The van der Waals surface area contributed by atoms with Crippen LogP contribution in [0.15, 0.2) is 45.5 Å². The number of aromatic nitrogens is 2. The fourth-order valence-electron chi connectivity index (χ4n) is 3.42. The van der Waals surface area contributed by atoms with Crippen LogP contribution in [0, 0.1) is 13.8 Å². The molecule has 1 aliphatic carbocycles. The standard InChI is InChI=1S/C15H20Br2N4O.C10H12/c1-4-5-19-15-12(22-3)6-10(13(17)14(15)18)8-21-9(2)11(16)7-20-21;1-8-2-4-9(5-3-8)10-6-7-10/h6-7,19H,4-5,8,18H2,1-3H3;2-5,10H,6-7H2,1H3. The van der Waals surface area contributed by atoms with Crippen LogP contribution in [0.25, 0.3) is 0 Å². The maximum Gasteiger partial charge on any atom is 0.144 e. The van der Waals surface area contributed by atoms with Gasteiger partial charge in [0.15, 0.2) is 0 Å². The zero-order valence-corrected chi connectivity index (χ0v) is 22.4. The molecule has 1 aliphatic rings. The first kappa shape index (κ1) is 24.6. The van der Waals surface area contributed by atoms with Crippen LogP contribution in [0.5, 0.6) is 5.75 Å². The van der Waals surface area contributed by atoms with E-state index in [4.69, 9.17) is 10.5 Å². The molecule has 172 valence electrons. The van der Waals surface area contributed by atoms with Gasteiger partial charge in [-0.25, -0.2) is 0 Å². The third-order valence-electron chi connectivity index (χ3n) is 5.60. The Morgan fingerprint density at radius 2 is 1.88 bits per heavy atom. The van der Waals surface area contributed by atoms with Crippen LogP contribution in [-0.4, -0.2) is 23.4 Å². The smallest absolute Gasteiger partial charge is 0.144 e. The molecule has 0 spiro atoms. The minimum atomic E-state index is 0.618. The molecule has 0 amide bonds. The van der Waals surface area contributed by atoms with Gasteiger partial charge in [0.05, 0.1) is 30.0 Å². The topological polar surface area (TPSA) is 65.1 Å². The van der Waals surface area contributed by atoms with E-state index in [1.807, 2.05) is 17.7 Å². The Kier molecular flexibility index (Phi) is 8.65. The maximum atomic E-state index is 6.27. The van der Waals surface area contributed by atoms with E-state index in [1.54, 1.807) is 13.3 Å². The first-order valence-corrected chi connectivity index (χ1v) is 12.6. The Hall–Kier alpha value is -1.99. The number of aryl methyl sites for hydroxylation is 1. The Morgan fingerprint density at radius 3 is 2.41 bits per heavy atom. The number of nitrogens with zero attached hydrogens (tertiary/aromatic N) is 2. The highest BCUT2D eigenvalue weighted by Crippen LogP contribution is 2.40. The highest BCUT2D eigenvalue weighted by atomic mass is 79.9. The summed E-state index contributed by atoms with van der Waals surface area (Å²) in [6, 6.07) is 10.9. The lowest BCUT2D eigenvalue weighted by molar-refractivity contribution is 0.415. The van der Waals surface area contributed by atoms with Gasteiger partial charge in [-0.05, 0) is 88.1 Å². The molecular formula is C25H32Br2N4O. The quantitative estimate of drug-likeness (QED) is 0.302. The second kappa shape index (κ2) is 11.2. The van der Waals surface area contributed by atoms with E-state index in [0.717, 1.165) is 50.5 Å². The van der Waals surface area contributed by atoms with Crippen molar-refractivity contribution in [3.63, 3.8) is 0 Å². The molecule has 1 fully saturated rings. The highest BCUT2D eigenvalue weighted by Gasteiger charge is 2.22. The molecule has 0 atom stereocenters. The third-order valence-corrected chi connectivity index (χ3v) is 7.32. The molecule has 0 unspecified atom stereocenters. The molecule has 5 nitrogen and oxygen atoms in total. The third kappa shape index (κ3) is 6.07. The molecule has 32 heavy (non-hydrogen) atoms. The fourth-order valence-corrected chi connectivity index (χ4v) is 4.15. The van der Waals surface area contributed by atoms with E-state index in [2.05, 4.69) is 80.4 Å². The van der Waals surface area contributed by atoms with Crippen molar-refractivity contribution in [2.24, 2.45) is 0 Å². The Bertz CT molecular complexity index is 1040. The zero-order valence-electron chi connectivity index (χ0n) is 19.2. The van der Waals surface area contributed by atoms with Crippen molar-refractivity contribution in [2.45, 2.75) is 52.5 Å². The van der Waals surface area contributed by atoms with Crippen LogP contribution in [-0.2, 0) is 6.54 Å². The first-order valence-electron chi connectivity index (χ1n) is 11.0. The normalized spacial score (nSPS) is 12.8. The zero-order chi connectivity index (χ0) is 23.3. The summed E-state index contributed by atoms with van der Waals surface area (Å²) < 4.78 is 9.27. The molecule has 0 radical (unpaired) electrons. The van der Waals surface area contributed by atoms with Gasteiger partial charge in [-0.1, -0.05) is 36.8 Å². The lowest BCUT2D eigenvalue weighted by atomic mass is 10.1. The molecule has 1 saturated carbocycles. The average Bonchev–Trinajstić information content (AvgIpc) is 3.59. The molecule has 1 aromatic heterocycles. The Morgan fingerprint density at radius 1 is 1.19 bits per heavy atom. The molecule has 0 bridgehead atoms. The molecule has 3 N–H and O–H groups in total. The number of rotatable bonds is 7. The molecule has 3 aromatic rings. The monoisotopic (exact) mass is 562 g/mol. The van der Waals surface area contributed by atoms with Crippen molar-refractivity contribution in [1.82, 2.24) is 9.78 Å². The Labute approximate surface area is 208 Å². The van der Waals surface area contributed by atoms with Crippen LogP contribution in [0.3, 0.4) is 0 Å². The number of halogens is 2. The first-order chi connectivity index (χ1) is 15.3. The van der Waals surface area contributed by atoms with Crippen molar-refractivity contribution >= 4 is 43.2 Å². The molecule has 0 aliphatic heterocycles. The number of hydrogen-bond acceptors (Lipinski definition) is 4. The lowest BCUT2D eigenvalue weighted by Crippen LogP contribution is -2.09. The SMILES string of the molecule is CCCNc1c(OC)cc(Cn2ncc(Br)c2C)c(Br)c1N.Cc1ccc(C2CC2)cc1. The van der Waals surface area contributed by atoms with Crippen LogP contribution < -0.4 is 15.8 Å². The lowest BCUT2D eigenvalue weighted by Gasteiger charge is -2.18. The summed E-state index contributed by atoms with van der Waals surface area (Å²) in [4.78, 5) is 0. The molecule has 0 saturated heterocycles. The van der Waals surface area contributed by atoms with E-state index < -0.39 is 0 Å². The van der Waals surface area contributed by atoms with E-state index in [9.17, 15) is 0 Å².